The summed E-state index contributed by atoms with van der Waals surface area (Å²) in [4.78, 5) is 12.4. The van der Waals surface area contributed by atoms with Crippen LogP contribution in [-0.2, 0) is 17.9 Å². The number of aliphatic hydroxyl groups is 1. The summed E-state index contributed by atoms with van der Waals surface area (Å²) in [5, 5.41) is 21.2. The summed E-state index contributed by atoms with van der Waals surface area (Å²) in [6, 6.07) is 5.49. The predicted molar refractivity (Wildman–Crippen MR) is 97.2 cm³/mol. The number of carbonyl (C=O) groups excluding carboxylic acids is 1. The lowest BCUT2D eigenvalue weighted by molar-refractivity contribution is 0.0906. The molecule has 0 bridgehead atoms. The molecule has 140 valence electrons. The van der Waals surface area contributed by atoms with E-state index in [-0.39, 0.29) is 24.5 Å². The van der Waals surface area contributed by atoms with Gasteiger partial charge in [-0.15, -0.1) is 10.2 Å². The third-order valence-electron chi connectivity index (χ3n) is 4.72. The average Bonchev–Trinajstić information content (AvgIpc) is 3.00. The molecule has 0 spiro atoms. The van der Waals surface area contributed by atoms with E-state index >= 15 is 0 Å². The van der Waals surface area contributed by atoms with Crippen LogP contribution >= 0.6 is 11.6 Å². The molecule has 1 fully saturated rings. The van der Waals surface area contributed by atoms with Crippen LogP contribution in [0.3, 0.4) is 0 Å². The standard InChI is InChI=1S/C18H23ClN4O3/c1-11-3-4-15(19)14(7-11)18(25)20-13-8-12(9-13)17-22-21-16(10-24)23(17)5-6-26-2/h3-4,7,12-13,24H,5-6,8-10H2,1-2H3,(H,20,25). The van der Waals surface area contributed by atoms with Crippen LogP contribution < -0.4 is 5.32 Å². The number of benzene rings is 1. The first-order valence-electron chi connectivity index (χ1n) is 8.62. The molecule has 1 aromatic heterocycles. The zero-order valence-corrected chi connectivity index (χ0v) is 15.7. The van der Waals surface area contributed by atoms with E-state index in [1.807, 2.05) is 17.6 Å². The van der Waals surface area contributed by atoms with Crippen LogP contribution in [0.2, 0.25) is 5.02 Å². The van der Waals surface area contributed by atoms with Crippen molar-refractivity contribution in [3.8, 4) is 0 Å². The number of rotatable bonds is 7. The molecule has 2 N–H and O–H groups in total. The topological polar surface area (TPSA) is 89.3 Å². The second kappa shape index (κ2) is 8.16. The fourth-order valence-corrected chi connectivity index (χ4v) is 3.42. The molecule has 0 radical (unpaired) electrons. The Morgan fingerprint density at radius 1 is 1.42 bits per heavy atom. The van der Waals surface area contributed by atoms with Crippen molar-refractivity contribution >= 4 is 17.5 Å². The Kier molecular flexibility index (Phi) is 5.90. The summed E-state index contributed by atoms with van der Waals surface area (Å²) < 4.78 is 7.02. The normalized spacial score (nSPS) is 19.2. The van der Waals surface area contributed by atoms with Crippen molar-refractivity contribution in [3.63, 3.8) is 0 Å². The number of aliphatic hydroxyl groups excluding tert-OH is 1. The Hall–Kier alpha value is -1.96. The van der Waals surface area contributed by atoms with Crippen molar-refractivity contribution < 1.29 is 14.6 Å². The van der Waals surface area contributed by atoms with Crippen molar-refractivity contribution in [2.75, 3.05) is 13.7 Å². The molecular weight excluding hydrogens is 356 g/mol. The Bertz CT molecular complexity index is 787. The maximum atomic E-state index is 12.4. The minimum Gasteiger partial charge on any atom is -0.388 e. The number of aryl methyl sites for hydroxylation is 1. The highest BCUT2D eigenvalue weighted by Gasteiger charge is 2.35. The van der Waals surface area contributed by atoms with Crippen LogP contribution in [0, 0.1) is 6.92 Å². The number of ether oxygens (including phenoxy) is 1. The van der Waals surface area contributed by atoms with Gasteiger partial charge in [0.05, 0.1) is 17.2 Å². The molecule has 2 aromatic rings. The Morgan fingerprint density at radius 3 is 2.88 bits per heavy atom. The minimum atomic E-state index is -0.157. The van der Waals surface area contributed by atoms with Crippen molar-refractivity contribution in [1.29, 1.82) is 0 Å². The third-order valence-corrected chi connectivity index (χ3v) is 5.05. The molecular formula is C18H23ClN4O3. The summed E-state index contributed by atoms with van der Waals surface area (Å²) in [5.74, 6) is 1.43. The van der Waals surface area contributed by atoms with Gasteiger partial charge < -0.3 is 19.7 Å². The van der Waals surface area contributed by atoms with Crippen LogP contribution in [0.5, 0.6) is 0 Å². The third kappa shape index (κ3) is 3.90. The van der Waals surface area contributed by atoms with Gasteiger partial charge in [0.15, 0.2) is 5.82 Å². The fourth-order valence-electron chi connectivity index (χ4n) is 3.22. The molecule has 1 aliphatic carbocycles. The average molecular weight is 379 g/mol. The lowest BCUT2D eigenvalue weighted by Gasteiger charge is -2.35. The number of nitrogens with one attached hydrogen (secondary N) is 1. The quantitative estimate of drug-likeness (QED) is 0.769. The lowest BCUT2D eigenvalue weighted by Crippen LogP contribution is -2.44. The first kappa shape index (κ1) is 18.8. The number of amides is 1. The number of carbonyl (C=O) groups is 1. The van der Waals surface area contributed by atoms with E-state index in [1.54, 1.807) is 19.2 Å². The SMILES string of the molecule is COCCn1c(CO)nnc1C1CC(NC(=O)c2cc(C)ccc2Cl)C1. The second-order valence-electron chi connectivity index (χ2n) is 6.60. The van der Waals surface area contributed by atoms with E-state index in [2.05, 4.69) is 15.5 Å². The summed E-state index contributed by atoms with van der Waals surface area (Å²) in [6.45, 7) is 2.89. The highest BCUT2D eigenvalue weighted by molar-refractivity contribution is 6.33. The molecule has 26 heavy (non-hydrogen) atoms. The zero-order chi connectivity index (χ0) is 18.7. The van der Waals surface area contributed by atoms with Gasteiger partial charge in [-0.2, -0.15) is 0 Å². The van der Waals surface area contributed by atoms with Crippen LogP contribution in [0.4, 0.5) is 0 Å². The highest BCUT2D eigenvalue weighted by atomic mass is 35.5. The van der Waals surface area contributed by atoms with Crippen LogP contribution in [-0.4, -0.2) is 45.5 Å². The van der Waals surface area contributed by atoms with Crippen LogP contribution in [0.1, 0.15) is 46.3 Å². The van der Waals surface area contributed by atoms with E-state index in [9.17, 15) is 9.90 Å². The first-order valence-corrected chi connectivity index (χ1v) is 9.00. The van der Waals surface area contributed by atoms with Crippen LogP contribution in [0.25, 0.3) is 0 Å². The molecule has 0 aliphatic heterocycles. The van der Waals surface area contributed by atoms with E-state index in [1.165, 1.54) is 0 Å². The van der Waals surface area contributed by atoms with Crippen molar-refractivity contribution in [1.82, 2.24) is 20.1 Å². The van der Waals surface area contributed by atoms with Gasteiger partial charge in [0.1, 0.15) is 12.4 Å². The molecule has 7 nitrogen and oxygen atoms in total. The molecule has 1 aromatic carbocycles. The van der Waals surface area contributed by atoms with E-state index in [0.717, 1.165) is 24.2 Å². The lowest BCUT2D eigenvalue weighted by atomic mass is 9.79. The smallest absolute Gasteiger partial charge is 0.253 e. The van der Waals surface area contributed by atoms with E-state index < -0.39 is 0 Å². The molecule has 1 saturated carbocycles. The minimum absolute atomic E-state index is 0.0780. The zero-order valence-electron chi connectivity index (χ0n) is 14.9. The van der Waals surface area contributed by atoms with E-state index in [4.69, 9.17) is 16.3 Å². The van der Waals surface area contributed by atoms with Gasteiger partial charge in [-0.1, -0.05) is 23.2 Å². The summed E-state index contributed by atoms with van der Waals surface area (Å²) in [7, 11) is 1.63. The molecule has 0 saturated heterocycles. The molecule has 3 rings (SSSR count). The van der Waals surface area contributed by atoms with Crippen molar-refractivity contribution in [3.05, 3.63) is 46.0 Å². The molecule has 1 amide bonds. The largest absolute Gasteiger partial charge is 0.388 e. The van der Waals surface area contributed by atoms with Gasteiger partial charge in [0.2, 0.25) is 0 Å². The Morgan fingerprint density at radius 2 is 2.19 bits per heavy atom. The number of halogens is 1. The summed E-state index contributed by atoms with van der Waals surface area (Å²) >= 11 is 6.13. The van der Waals surface area contributed by atoms with Gasteiger partial charge in [0, 0.05) is 25.6 Å². The number of hydrogen-bond donors (Lipinski definition) is 2. The van der Waals surface area contributed by atoms with E-state index in [0.29, 0.717) is 29.6 Å². The number of methoxy groups -OCH3 is 1. The van der Waals surface area contributed by atoms with Crippen molar-refractivity contribution in [2.45, 2.75) is 44.9 Å². The first-order chi connectivity index (χ1) is 12.5. The molecule has 8 heteroatoms. The number of aromatic nitrogens is 3. The summed E-state index contributed by atoms with van der Waals surface area (Å²) in [6.07, 6.45) is 1.57. The monoisotopic (exact) mass is 378 g/mol. The molecule has 1 heterocycles. The van der Waals surface area contributed by atoms with Gasteiger partial charge in [-0.3, -0.25) is 4.79 Å². The molecule has 0 atom stereocenters. The number of nitrogens with zero attached hydrogens (tertiary/aromatic N) is 3. The Balaban J connectivity index is 1.61. The maximum absolute atomic E-state index is 12.4. The highest BCUT2D eigenvalue weighted by Crippen LogP contribution is 2.36. The number of hydrogen-bond acceptors (Lipinski definition) is 5. The molecule has 0 unspecified atom stereocenters. The van der Waals surface area contributed by atoms with Gasteiger partial charge in [-0.25, -0.2) is 0 Å². The fraction of sp³-hybridized carbons (Fsp3) is 0.500. The molecule has 1 aliphatic rings. The second-order valence-corrected chi connectivity index (χ2v) is 7.01. The van der Waals surface area contributed by atoms with Crippen LogP contribution in [0.15, 0.2) is 18.2 Å². The summed E-state index contributed by atoms with van der Waals surface area (Å²) in [5.41, 5.74) is 1.50. The van der Waals surface area contributed by atoms with Gasteiger partial charge >= 0.3 is 0 Å². The predicted octanol–water partition coefficient (Wildman–Crippen LogP) is 2.05. The maximum Gasteiger partial charge on any atom is 0.253 e. The van der Waals surface area contributed by atoms with Gasteiger partial charge in [0.25, 0.3) is 5.91 Å². The van der Waals surface area contributed by atoms with Gasteiger partial charge in [-0.05, 0) is 31.9 Å². The Labute approximate surface area is 157 Å². The van der Waals surface area contributed by atoms with Crippen molar-refractivity contribution in [2.24, 2.45) is 0 Å².